The maximum absolute atomic E-state index is 12.4. The van der Waals surface area contributed by atoms with Gasteiger partial charge in [-0.1, -0.05) is 24.1 Å². The molecule has 0 N–H and O–H groups in total. The number of allylic oxidation sites excluding steroid dienone is 1. The van der Waals surface area contributed by atoms with Gasteiger partial charge in [0.05, 0.1) is 19.8 Å². The molecular weight excluding hydrogens is 304 g/mol. The molecule has 0 aliphatic rings. The molecule has 0 atom stereocenters. The Morgan fingerprint density at radius 3 is 2.42 bits per heavy atom. The lowest BCUT2D eigenvalue weighted by molar-refractivity contribution is 0.104. The van der Waals surface area contributed by atoms with Gasteiger partial charge in [-0.25, -0.2) is 0 Å². The van der Waals surface area contributed by atoms with Gasteiger partial charge in [0.1, 0.15) is 23.9 Å². The Morgan fingerprint density at radius 1 is 1.08 bits per heavy atom. The van der Waals surface area contributed by atoms with E-state index < -0.39 is 0 Å². The molecule has 4 nitrogen and oxygen atoms in total. The maximum atomic E-state index is 12.4. The van der Waals surface area contributed by atoms with Crippen LogP contribution in [0.3, 0.4) is 0 Å². The Morgan fingerprint density at radius 2 is 1.79 bits per heavy atom. The molecule has 0 amide bonds. The van der Waals surface area contributed by atoms with E-state index in [1.54, 1.807) is 43.5 Å². The van der Waals surface area contributed by atoms with Gasteiger partial charge in [-0.2, -0.15) is 0 Å². The van der Waals surface area contributed by atoms with Crippen LogP contribution in [-0.2, 0) is 0 Å². The number of carbonyl (C=O) groups excluding carboxylic acids is 1. The van der Waals surface area contributed by atoms with E-state index in [0.717, 1.165) is 5.56 Å². The third kappa shape index (κ3) is 4.40. The molecule has 0 heterocycles. The normalized spacial score (nSPS) is 10.2. The maximum Gasteiger partial charge on any atom is 0.189 e. The molecule has 0 bridgehead atoms. The van der Waals surface area contributed by atoms with E-state index in [1.165, 1.54) is 13.2 Å². The van der Waals surface area contributed by atoms with Gasteiger partial charge in [-0.3, -0.25) is 4.79 Å². The van der Waals surface area contributed by atoms with Crippen LogP contribution in [0, 0.1) is 12.3 Å². The summed E-state index contributed by atoms with van der Waals surface area (Å²) in [6.07, 6.45) is 8.38. The molecule has 0 fully saturated rings. The standard InChI is InChI=1S/C20H18O4/c1-4-13-24-16-8-5-15(6-9-16)7-12-19(21)18-11-10-17(22-2)14-20(18)23-3/h1,5-12,14H,13H2,2-3H3/b12-7+. The zero-order valence-electron chi connectivity index (χ0n) is 13.6. The second-order valence-corrected chi connectivity index (χ2v) is 4.83. The van der Waals surface area contributed by atoms with Crippen LogP contribution in [0.1, 0.15) is 15.9 Å². The monoisotopic (exact) mass is 322 g/mol. The third-order valence-electron chi connectivity index (χ3n) is 3.30. The second-order valence-electron chi connectivity index (χ2n) is 4.83. The molecule has 0 radical (unpaired) electrons. The van der Waals surface area contributed by atoms with Crippen molar-refractivity contribution in [3.8, 4) is 29.6 Å². The lowest BCUT2D eigenvalue weighted by Crippen LogP contribution is -1.99. The summed E-state index contributed by atoms with van der Waals surface area (Å²) in [5, 5.41) is 0. The summed E-state index contributed by atoms with van der Waals surface area (Å²) in [4.78, 5) is 12.4. The highest BCUT2D eigenvalue weighted by Gasteiger charge is 2.10. The van der Waals surface area contributed by atoms with Gasteiger partial charge in [0.15, 0.2) is 5.78 Å². The summed E-state index contributed by atoms with van der Waals surface area (Å²) in [6.45, 7) is 0.227. The van der Waals surface area contributed by atoms with Crippen molar-refractivity contribution in [2.45, 2.75) is 0 Å². The molecule has 0 saturated heterocycles. The number of carbonyl (C=O) groups is 1. The fourth-order valence-corrected chi connectivity index (χ4v) is 2.06. The van der Waals surface area contributed by atoms with E-state index in [4.69, 9.17) is 20.6 Å². The van der Waals surface area contributed by atoms with Gasteiger partial charge in [0.25, 0.3) is 0 Å². The molecule has 24 heavy (non-hydrogen) atoms. The number of rotatable bonds is 7. The Kier molecular flexibility index (Phi) is 6.04. The first-order chi connectivity index (χ1) is 11.7. The lowest BCUT2D eigenvalue weighted by atomic mass is 10.1. The fourth-order valence-electron chi connectivity index (χ4n) is 2.06. The van der Waals surface area contributed by atoms with Crippen LogP contribution in [0.5, 0.6) is 17.2 Å². The smallest absolute Gasteiger partial charge is 0.189 e. The molecule has 0 spiro atoms. The first-order valence-corrected chi connectivity index (χ1v) is 7.28. The number of methoxy groups -OCH3 is 2. The number of benzene rings is 2. The minimum atomic E-state index is -0.151. The van der Waals surface area contributed by atoms with Crippen molar-refractivity contribution < 1.29 is 19.0 Å². The molecule has 0 aliphatic heterocycles. The minimum Gasteiger partial charge on any atom is -0.497 e. The van der Waals surface area contributed by atoms with Gasteiger partial charge >= 0.3 is 0 Å². The van der Waals surface area contributed by atoms with E-state index in [0.29, 0.717) is 22.8 Å². The van der Waals surface area contributed by atoms with Gasteiger partial charge in [-0.15, -0.1) is 6.42 Å². The lowest BCUT2D eigenvalue weighted by Gasteiger charge is -2.08. The fraction of sp³-hybridized carbons (Fsp3) is 0.150. The molecule has 0 aliphatic carbocycles. The van der Waals surface area contributed by atoms with E-state index in [2.05, 4.69) is 5.92 Å². The molecule has 2 rings (SSSR count). The van der Waals surface area contributed by atoms with Crippen LogP contribution in [0.25, 0.3) is 6.08 Å². The van der Waals surface area contributed by atoms with Crippen molar-refractivity contribution in [3.05, 3.63) is 59.7 Å². The van der Waals surface area contributed by atoms with Crippen LogP contribution in [0.4, 0.5) is 0 Å². The van der Waals surface area contributed by atoms with Crippen molar-refractivity contribution in [2.75, 3.05) is 20.8 Å². The molecule has 122 valence electrons. The van der Waals surface area contributed by atoms with Gasteiger partial charge < -0.3 is 14.2 Å². The van der Waals surface area contributed by atoms with Crippen molar-refractivity contribution >= 4 is 11.9 Å². The average Bonchev–Trinajstić information content (AvgIpc) is 2.64. The van der Waals surface area contributed by atoms with E-state index in [9.17, 15) is 4.79 Å². The average molecular weight is 322 g/mol. The molecule has 0 saturated carbocycles. The van der Waals surface area contributed by atoms with E-state index in [-0.39, 0.29) is 12.4 Å². The summed E-state index contributed by atoms with van der Waals surface area (Å²) < 4.78 is 15.7. The molecular formula is C20H18O4. The van der Waals surface area contributed by atoms with Crippen molar-refractivity contribution in [1.82, 2.24) is 0 Å². The van der Waals surface area contributed by atoms with Gasteiger partial charge in [-0.05, 0) is 35.9 Å². The van der Waals surface area contributed by atoms with Gasteiger partial charge in [0, 0.05) is 6.07 Å². The van der Waals surface area contributed by atoms with Gasteiger partial charge in [0.2, 0.25) is 0 Å². The number of hydrogen-bond donors (Lipinski definition) is 0. The third-order valence-corrected chi connectivity index (χ3v) is 3.30. The highest BCUT2D eigenvalue weighted by Crippen LogP contribution is 2.25. The Bertz CT molecular complexity index is 767. The zero-order valence-corrected chi connectivity index (χ0v) is 13.6. The Hall–Kier alpha value is -3.19. The first-order valence-electron chi connectivity index (χ1n) is 7.28. The topological polar surface area (TPSA) is 44.8 Å². The summed E-state index contributed by atoms with van der Waals surface area (Å²) in [5.74, 6) is 4.05. The quantitative estimate of drug-likeness (QED) is 0.444. The highest BCUT2D eigenvalue weighted by molar-refractivity contribution is 6.08. The van der Waals surface area contributed by atoms with Crippen LogP contribution in [0.15, 0.2) is 48.5 Å². The summed E-state index contributed by atoms with van der Waals surface area (Å²) in [5.41, 5.74) is 1.35. The molecule has 4 heteroatoms. The van der Waals surface area contributed by atoms with E-state index in [1.807, 2.05) is 12.1 Å². The van der Waals surface area contributed by atoms with Crippen LogP contribution >= 0.6 is 0 Å². The predicted octanol–water partition coefficient (Wildman–Crippen LogP) is 3.61. The predicted molar refractivity (Wildman–Crippen MR) is 93.7 cm³/mol. The van der Waals surface area contributed by atoms with E-state index >= 15 is 0 Å². The van der Waals surface area contributed by atoms with Crippen LogP contribution in [0.2, 0.25) is 0 Å². The SMILES string of the molecule is C#CCOc1ccc(/C=C/C(=O)c2ccc(OC)cc2OC)cc1. The largest absolute Gasteiger partial charge is 0.497 e. The van der Waals surface area contributed by atoms with Crippen molar-refractivity contribution in [3.63, 3.8) is 0 Å². The van der Waals surface area contributed by atoms with Crippen LogP contribution < -0.4 is 14.2 Å². The summed E-state index contributed by atoms with van der Waals surface area (Å²) in [6, 6.07) is 12.4. The molecule has 0 unspecified atom stereocenters. The molecule has 0 aromatic heterocycles. The minimum absolute atomic E-state index is 0.151. The Labute approximate surface area is 141 Å². The number of ether oxygens (including phenoxy) is 3. The van der Waals surface area contributed by atoms with Crippen molar-refractivity contribution in [2.24, 2.45) is 0 Å². The zero-order chi connectivity index (χ0) is 17.4. The second kappa shape index (κ2) is 8.44. The number of ketones is 1. The number of hydrogen-bond acceptors (Lipinski definition) is 4. The first kappa shape index (κ1) is 17.2. The molecule has 2 aromatic rings. The van der Waals surface area contributed by atoms with Crippen molar-refractivity contribution in [1.29, 1.82) is 0 Å². The summed E-state index contributed by atoms with van der Waals surface area (Å²) >= 11 is 0. The molecule has 2 aromatic carbocycles. The summed E-state index contributed by atoms with van der Waals surface area (Å²) in [7, 11) is 3.08. The Balaban J connectivity index is 2.11. The number of terminal acetylenes is 1. The highest BCUT2D eigenvalue weighted by atomic mass is 16.5. The van der Waals surface area contributed by atoms with Crippen LogP contribution in [-0.4, -0.2) is 26.6 Å².